The Kier molecular flexibility index (Phi) is 6.02. The number of halogens is 1. The minimum absolute atomic E-state index is 0.0628. The zero-order valence-electron chi connectivity index (χ0n) is 13.9. The van der Waals surface area contributed by atoms with Gasteiger partial charge < -0.3 is 10.1 Å². The molecule has 1 N–H and O–H groups in total. The first-order chi connectivity index (χ1) is 11.3. The van der Waals surface area contributed by atoms with Crippen LogP contribution >= 0.6 is 22.9 Å². The Morgan fingerprint density at radius 2 is 1.83 bits per heavy atom. The van der Waals surface area contributed by atoms with E-state index in [-0.39, 0.29) is 11.7 Å². The fraction of sp³-hybridized carbons (Fsp3) is 0.333. The summed E-state index contributed by atoms with van der Waals surface area (Å²) in [6.07, 6.45) is 0.681. The first-order valence-electron chi connectivity index (χ1n) is 7.60. The Labute approximate surface area is 150 Å². The number of hydrogen-bond donors (Lipinski definition) is 1. The zero-order chi connectivity index (χ0) is 17.7. The van der Waals surface area contributed by atoms with Crippen molar-refractivity contribution in [2.24, 2.45) is 0 Å². The average Bonchev–Trinajstić information content (AvgIpc) is 2.98. The molecule has 0 atom stereocenters. The quantitative estimate of drug-likeness (QED) is 0.751. The van der Waals surface area contributed by atoms with E-state index in [0.29, 0.717) is 23.7 Å². The maximum Gasteiger partial charge on any atom is 0.263 e. The highest BCUT2D eigenvalue weighted by atomic mass is 35.5. The van der Waals surface area contributed by atoms with E-state index in [1.807, 2.05) is 12.1 Å². The molecule has 0 bridgehead atoms. The number of ketones is 1. The Bertz CT molecular complexity index is 722. The molecular formula is C18H20ClNO3S. The highest BCUT2D eigenvalue weighted by Gasteiger charge is 2.29. The van der Waals surface area contributed by atoms with Gasteiger partial charge in [0.1, 0.15) is 5.75 Å². The summed E-state index contributed by atoms with van der Waals surface area (Å²) in [5.74, 6) is 0.456. The molecule has 6 heteroatoms. The maximum absolute atomic E-state index is 12.3. The molecule has 1 heterocycles. The van der Waals surface area contributed by atoms with E-state index in [4.69, 9.17) is 16.3 Å². The van der Waals surface area contributed by atoms with Crippen molar-refractivity contribution in [1.29, 1.82) is 0 Å². The molecule has 0 aliphatic heterocycles. The number of amides is 1. The number of carbonyl (C=O) groups is 2. The second-order valence-electron chi connectivity index (χ2n) is 5.89. The van der Waals surface area contributed by atoms with Crippen molar-refractivity contribution >= 4 is 34.6 Å². The summed E-state index contributed by atoms with van der Waals surface area (Å²) in [6, 6.07) is 10.6. The summed E-state index contributed by atoms with van der Waals surface area (Å²) in [4.78, 5) is 25.4. The van der Waals surface area contributed by atoms with E-state index < -0.39 is 5.60 Å². The van der Waals surface area contributed by atoms with Gasteiger partial charge in [-0.3, -0.25) is 9.59 Å². The topological polar surface area (TPSA) is 55.4 Å². The summed E-state index contributed by atoms with van der Waals surface area (Å²) < 4.78 is 5.74. The maximum atomic E-state index is 12.3. The SMILES string of the molecule is CC(=O)c1ccc(CCNC(=O)C(C)(C)Oc2ccc(Cl)cc2)s1. The summed E-state index contributed by atoms with van der Waals surface area (Å²) in [5.41, 5.74) is -0.992. The Morgan fingerprint density at radius 1 is 1.17 bits per heavy atom. The van der Waals surface area contributed by atoms with Crippen molar-refractivity contribution in [3.8, 4) is 5.75 Å². The van der Waals surface area contributed by atoms with Gasteiger partial charge in [-0.25, -0.2) is 0 Å². The monoisotopic (exact) mass is 365 g/mol. The van der Waals surface area contributed by atoms with Gasteiger partial charge in [0.2, 0.25) is 0 Å². The van der Waals surface area contributed by atoms with Crippen LogP contribution in [0.2, 0.25) is 5.02 Å². The minimum Gasteiger partial charge on any atom is -0.478 e. The number of Topliss-reactive ketones (excluding diaryl/α,β-unsaturated/α-hetero) is 1. The van der Waals surface area contributed by atoms with Crippen molar-refractivity contribution in [2.75, 3.05) is 6.54 Å². The van der Waals surface area contributed by atoms with Gasteiger partial charge in [-0.1, -0.05) is 11.6 Å². The average molecular weight is 366 g/mol. The molecular weight excluding hydrogens is 346 g/mol. The van der Waals surface area contributed by atoms with Crippen molar-refractivity contribution in [3.63, 3.8) is 0 Å². The highest BCUT2D eigenvalue weighted by Crippen LogP contribution is 2.21. The number of hydrogen-bond acceptors (Lipinski definition) is 4. The number of carbonyl (C=O) groups excluding carboxylic acids is 2. The van der Waals surface area contributed by atoms with Crippen molar-refractivity contribution in [3.05, 3.63) is 51.2 Å². The van der Waals surface area contributed by atoms with E-state index in [0.717, 1.165) is 9.75 Å². The van der Waals surface area contributed by atoms with Gasteiger partial charge in [-0.2, -0.15) is 0 Å². The largest absolute Gasteiger partial charge is 0.478 e. The van der Waals surface area contributed by atoms with Crippen LogP contribution in [0.3, 0.4) is 0 Å². The van der Waals surface area contributed by atoms with Crippen LogP contribution < -0.4 is 10.1 Å². The minimum atomic E-state index is -0.992. The molecule has 1 amide bonds. The van der Waals surface area contributed by atoms with Crippen LogP contribution in [0, 0.1) is 0 Å². The van der Waals surface area contributed by atoms with Crippen LogP contribution in [-0.2, 0) is 11.2 Å². The van der Waals surface area contributed by atoms with E-state index in [1.165, 1.54) is 11.3 Å². The molecule has 0 fully saturated rings. The summed E-state index contributed by atoms with van der Waals surface area (Å²) in [5, 5.41) is 3.49. The standard InChI is InChI=1S/C18H20ClNO3S/c1-12(21)16-9-8-15(24-16)10-11-20-17(22)18(2,3)23-14-6-4-13(19)5-7-14/h4-9H,10-11H2,1-3H3,(H,20,22). The first-order valence-corrected chi connectivity index (χ1v) is 8.80. The third-order valence-electron chi connectivity index (χ3n) is 3.40. The molecule has 0 saturated carbocycles. The molecule has 1 aromatic carbocycles. The van der Waals surface area contributed by atoms with Crippen LogP contribution in [0.25, 0.3) is 0 Å². The van der Waals surface area contributed by atoms with E-state index >= 15 is 0 Å². The fourth-order valence-corrected chi connectivity index (χ4v) is 3.09. The van der Waals surface area contributed by atoms with E-state index in [2.05, 4.69) is 5.32 Å². The number of benzene rings is 1. The van der Waals surface area contributed by atoms with Gasteiger partial charge in [0.05, 0.1) is 4.88 Å². The Morgan fingerprint density at radius 3 is 2.42 bits per heavy atom. The van der Waals surface area contributed by atoms with Gasteiger partial charge in [0.25, 0.3) is 5.91 Å². The lowest BCUT2D eigenvalue weighted by Gasteiger charge is -2.25. The molecule has 4 nitrogen and oxygen atoms in total. The van der Waals surface area contributed by atoms with Gasteiger partial charge in [0.15, 0.2) is 11.4 Å². The summed E-state index contributed by atoms with van der Waals surface area (Å²) in [6.45, 7) is 5.48. The molecule has 2 rings (SSSR count). The van der Waals surface area contributed by atoms with Crippen molar-refractivity contribution < 1.29 is 14.3 Å². The Hall–Kier alpha value is -1.85. The normalized spacial score (nSPS) is 11.2. The number of rotatable bonds is 7. The summed E-state index contributed by atoms with van der Waals surface area (Å²) in [7, 11) is 0. The predicted octanol–water partition coefficient (Wildman–Crippen LogP) is 4.12. The van der Waals surface area contributed by atoms with Crippen LogP contribution in [0.1, 0.15) is 35.3 Å². The lowest BCUT2D eigenvalue weighted by Crippen LogP contribution is -2.47. The Balaban J connectivity index is 1.85. The number of nitrogens with one attached hydrogen (secondary N) is 1. The molecule has 128 valence electrons. The molecule has 0 aliphatic rings. The molecule has 0 spiro atoms. The van der Waals surface area contributed by atoms with Crippen molar-refractivity contribution in [2.45, 2.75) is 32.8 Å². The summed E-state index contributed by atoms with van der Waals surface area (Å²) >= 11 is 7.30. The van der Waals surface area contributed by atoms with Crippen LogP contribution in [-0.4, -0.2) is 23.8 Å². The number of thiophene rings is 1. The molecule has 0 saturated heterocycles. The van der Waals surface area contributed by atoms with E-state index in [9.17, 15) is 9.59 Å². The van der Waals surface area contributed by atoms with Crippen LogP contribution in [0.4, 0.5) is 0 Å². The fourth-order valence-electron chi connectivity index (χ4n) is 2.06. The first kappa shape index (κ1) is 18.5. The molecule has 1 aromatic heterocycles. The smallest absolute Gasteiger partial charge is 0.263 e. The van der Waals surface area contributed by atoms with Gasteiger partial charge in [-0.05, 0) is 63.6 Å². The van der Waals surface area contributed by atoms with E-state index in [1.54, 1.807) is 45.0 Å². The lowest BCUT2D eigenvalue weighted by atomic mass is 10.1. The number of ether oxygens (including phenoxy) is 1. The van der Waals surface area contributed by atoms with Gasteiger partial charge >= 0.3 is 0 Å². The van der Waals surface area contributed by atoms with Gasteiger partial charge in [0, 0.05) is 16.4 Å². The lowest BCUT2D eigenvalue weighted by molar-refractivity contribution is -0.134. The molecule has 0 unspecified atom stereocenters. The van der Waals surface area contributed by atoms with Crippen LogP contribution in [0.5, 0.6) is 5.75 Å². The third-order valence-corrected chi connectivity index (χ3v) is 4.90. The highest BCUT2D eigenvalue weighted by molar-refractivity contribution is 7.14. The molecule has 2 aromatic rings. The predicted molar refractivity (Wildman–Crippen MR) is 97.2 cm³/mol. The zero-order valence-corrected chi connectivity index (χ0v) is 15.5. The second-order valence-corrected chi connectivity index (χ2v) is 7.50. The van der Waals surface area contributed by atoms with Crippen LogP contribution in [0.15, 0.2) is 36.4 Å². The molecule has 0 radical (unpaired) electrons. The van der Waals surface area contributed by atoms with Gasteiger partial charge in [-0.15, -0.1) is 11.3 Å². The third kappa shape index (κ3) is 5.08. The van der Waals surface area contributed by atoms with Crippen molar-refractivity contribution in [1.82, 2.24) is 5.32 Å². The second kappa shape index (κ2) is 7.81. The molecule has 0 aliphatic carbocycles. The molecule has 24 heavy (non-hydrogen) atoms.